The van der Waals surface area contributed by atoms with Crippen LogP contribution in [-0.4, -0.2) is 27.1 Å². The zero-order valence-corrected chi connectivity index (χ0v) is 19.1. The normalized spacial score (nSPS) is 12.4. The Labute approximate surface area is 198 Å². The molecule has 0 bridgehead atoms. The maximum Gasteiger partial charge on any atom is 0.127 e. The Balaban J connectivity index is 1.31. The first-order chi connectivity index (χ1) is 16.7. The molecule has 0 radical (unpaired) electrons. The van der Waals surface area contributed by atoms with E-state index in [1.165, 1.54) is 22.3 Å². The average molecular weight is 445 g/mol. The van der Waals surface area contributed by atoms with Gasteiger partial charge in [-0.1, -0.05) is 59.8 Å². The van der Waals surface area contributed by atoms with Crippen LogP contribution in [0, 0.1) is 6.92 Å². The third kappa shape index (κ3) is 3.46. The van der Waals surface area contributed by atoms with Gasteiger partial charge in [-0.05, 0) is 59.0 Å². The molecule has 2 aromatic heterocycles. The average Bonchev–Trinajstić information content (AvgIpc) is 3.47. The molecule has 0 unspecified atom stereocenters. The summed E-state index contributed by atoms with van der Waals surface area (Å²) in [7, 11) is 1.70. The third-order valence-corrected chi connectivity index (χ3v) is 6.58. The van der Waals surface area contributed by atoms with Crippen LogP contribution in [0.2, 0.25) is 0 Å². The van der Waals surface area contributed by atoms with E-state index < -0.39 is 0 Å². The van der Waals surface area contributed by atoms with Crippen LogP contribution in [0.3, 0.4) is 0 Å². The summed E-state index contributed by atoms with van der Waals surface area (Å²) >= 11 is 0. The zero-order chi connectivity index (χ0) is 23.1. The first-order valence-electron chi connectivity index (χ1n) is 11.4. The van der Waals surface area contributed by atoms with Crippen LogP contribution >= 0.6 is 0 Å². The highest BCUT2D eigenvalue weighted by Gasteiger charge is 2.28. The van der Waals surface area contributed by atoms with E-state index in [0.717, 1.165) is 40.4 Å². The minimum Gasteiger partial charge on any atom is -0.496 e. The molecule has 0 saturated heterocycles. The predicted molar refractivity (Wildman–Crippen MR) is 134 cm³/mol. The summed E-state index contributed by atoms with van der Waals surface area (Å²) in [6.45, 7) is 2.73. The number of benzene rings is 3. The molecule has 2 heterocycles. The van der Waals surface area contributed by atoms with E-state index in [0.29, 0.717) is 0 Å². The standard InChI is InChI=1S/C29H24N4O/c1-19-15-20(13-14-30-19)22-12-11-21(16-29(22)34-2)28-18-33(32-31-28)17-27-25-9-5-3-7-23(25)24-8-4-6-10-26(24)27/h3-16,18,27H,17H2,1-2H3. The molecule has 34 heavy (non-hydrogen) atoms. The van der Waals surface area contributed by atoms with Crippen LogP contribution < -0.4 is 4.74 Å². The lowest BCUT2D eigenvalue weighted by molar-refractivity contribution is 0.416. The van der Waals surface area contributed by atoms with Gasteiger partial charge in [-0.25, -0.2) is 0 Å². The molecule has 0 amide bonds. The van der Waals surface area contributed by atoms with E-state index in [4.69, 9.17) is 4.74 Å². The number of pyridine rings is 1. The van der Waals surface area contributed by atoms with Crippen molar-refractivity contribution in [3.05, 3.63) is 108 Å². The van der Waals surface area contributed by atoms with E-state index in [1.807, 2.05) is 36.1 Å². The van der Waals surface area contributed by atoms with Crippen molar-refractivity contribution in [1.82, 2.24) is 20.0 Å². The Morgan fingerprint density at radius 2 is 1.56 bits per heavy atom. The Bertz CT molecular complexity index is 1460. The van der Waals surface area contributed by atoms with Crippen LogP contribution in [0.5, 0.6) is 5.75 Å². The number of ether oxygens (including phenoxy) is 1. The number of hydrogen-bond acceptors (Lipinski definition) is 4. The first kappa shape index (κ1) is 20.4. The molecule has 0 saturated carbocycles. The number of methoxy groups -OCH3 is 1. The van der Waals surface area contributed by atoms with Crippen molar-refractivity contribution in [3.63, 3.8) is 0 Å². The lowest BCUT2D eigenvalue weighted by atomic mass is 9.97. The Morgan fingerprint density at radius 1 is 0.824 bits per heavy atom. The largest absolute Gasteiger partial charge is 0.496 e. The molecule has 1 aliphatic carbocycles. The second-order valence-corrected chi connectivity index (χ2v) is 8.65. The zero-order valence-electron chi connectivity index (χ0n) is 19.1. The number of nitrogens with zero attached hydrogens (tertiary/aromatic N) is 4. The van der Waals surface area contributed by atoms with Gasteiger partial charge in [0, 0.05) is 28.9 Å². The van der Waals surface area contributed by atoms with Crippen LogP contribution in [0.4, 0.5) is 0 Å². The van der Waals surface area contributed by atoms with Crippen LogP contribution in [0.1, 0.15) is 22.7 Å². The van der Waals surface area contributed by atoms with Crippen LogP contribution in [0.15, 0.2) is 91.3 Å². The molecule has 6 rings (SSSR count). The number of hydrogen-bond donors (Lipinski definition) is 0. The van der Waals surface area contributed by atoms with Crippen molar-refractivity contribution in [2.45, 2.75) is 19.4 Å². The highest BCUT2D eigenvalue weighted by atomic mass is 16.5. The molecule has 3 aromatic carbocycles. The molecule has 5 nitrogen and oxygen atoms in total. The fourth-order valence-electron chi connectivity index (χ4n) is 4.97. The van der Waals surface area contributed by atoms with Gasteiger partial charge in [-0.2, -0.15) is 0 Å². The smallest absolute Gasteiger partial charge is 0.127 e. The minimum atomic E-state index is 0.258. The number of aryl methyl sites for hydroxylation is 1. The maximum absolute atomic E-state index is 5.72. The van der Waals surface area contributed by atoms with Gasteiger partial charge in [0.25, 0.3) is 0 Å². The molecule has 0 aliphatic heterocycles. The summed E-state index contributed by atoms with van der Waals surface area (Å²) in [5, 5.41) is 8.95. The summed E-state index contributed by atoms with van der Waals surface area (Å²) in [6, 6.07) is 27.5. The quantitative estimate of drug-likeness (QED) is 0.327. The van der Waals surface area contributed by atoms with E-state index in [9.17, 15) is 0 Å². The molecule has 0 spiro atoms. The van der Waals surface area contributed by atoms with Gasteiger partial charge in [0.1, 0.15) is 11.4 Å². The highest BCUT2D eigenvalue weighted by molar-refractivity contribution is 5.79. The van der Waals surface area contributed by atoms with Gasteiger partial charge in [0.05, 0.1) is 19.9 Å². The number of aromatic nitrogens is 4. The topological polar surface area (TPSA) is 52.8 Å². The summed E-state index contributed by atoms with van der Waals surface area (Å²) in [4.78, 5) is 4.30. The molecular weight excluding hydrogens is 420 g/mol. The van der Waals surface area contributed by atoms with Gasteiger partial charge in [-0.15, -0.1) is 5.10 Å². The van der Waals surface area contributed by atoms with E-state index in [2.05, 4.69) is 82.0 Å². The van der Waals surface area contributed by atoms with Crippen LogP contribution in [-0.2, 0) is 6.54 Å². The van der Waals surface area contributed by atoms with Crippen LogP contribution in [0.25, 0.3) is 33.5 Å². The Morgan fingerprint density at radius 3 is 2.26 bits per heavy atom. The van der Waals surface area contributed by atoms with E-state index in [-0.39, 0.29) is 5.92 Å². The third-order valence-electron chi connectivity index (χ3n) is 6.58. The molecule has 0 fully saturated rings. The molecular formula is C29H24N4O. The van der Waals surface area contributed by atoms with Gasteiger partial charge in [0.15, 0.2) is 0 Å². The Kier molecular flexibility index (Phi) is 4.95. The van der Waals surface area contributed by atoms with Crippen molar-refractivity contribution in [2.24, 2.45) is 0 Å². The van der Waals surface area contributed by atoms with Crippen molar-refractivity contribution >= 4 is 0 Å². The summed E-state index contributed by atoms with van der Waals surface area (Å²) in [5.41, 5.74) is 10.2. The van der Waals surface area contributed by atoms with Crippen molar-refractivity contribution in [2.75, 3.05) is 7.11 Å². The van der Waals surface area contributed by atoms with Gasteiger partial charge in [0.2, 0.25) is 0 Å². The predicted octanol–water partition coefficient (Wildman–Crippen LogP) is 6.14. The lowest BCUT2D eigenvalue weighted by Crippen LogP contribution is -2.09. The number of rotatable bonds is 5. The molecule has 5 heteroatoms. The maximum atomic E-state index is 5.72. The summed E-state index contributed by atoms with van der Waals surface area (Å²) < 4.78 is 7.67. The lowest BCUT2D eigenvalue weighted by Gasteiger charge is -2.13. The molecule has 166 valence electrons. The molecule has 5 aromatic rings. The second kappa shape index (κ2) is 8.27. The minimum absolute atomic E-state index is 0.258. The fourth-order valence-corrected chi connectivity index (χ4v) is 4.97. The monoisotopic (exact) mass is 444 g/mol. The summed E-state index contributed by atoms with van der Waals surface area (Å²) in [5.74, 6) is 1.06. The Hall–Kier alpha value is -4.25. The summed E-state index contributed by atoms with van der Waals surface area (Å²) in [6.07, 6.45) is 3.84. The van der Waals surface area contributed by atoms with Crippen molar-refractivity contribution in [1.29, 1.82) is 0 Å². The van der Waals surface area contributed by atoms with Gasteiger partial charge < -0.3 is 4.74 Å². The van der Waals surface area contributed by atoms with E-state index >= 15 is 0 Å². The second-order valence-electron chi connectivity index (χ2n) is 8.65. The van der Waals surface area contributed by atoms with Crippen molar-refractivity contribution < 1.29 is 4.74 Å². The molecule has 0 atom stereocenters. The highest BCUT2D eigenvalue weighted by Crippen LogP contribution is 2.45. The number of fused-ring (bicyclic) bond motifs is 3. The SMILES string of the molecule is COc1cc(-c2cn(CC3c4ccccc4-c4ccccc43)nn2)ccc1-c1ccnc(C)c1. The van der Waals surface area contributed by atoms with Gasteiger partial charge in [-0.3, -0.25) is 9.67 Å². The van der Waals surface area contributed by atoms with Crippen molar-refractivity contribution in [3.8, 4) is 39.3 Å². The van der Waals surface area contributed by atoms with E-state index in [1.54, 1.807) is 7.11 Å². The fraction of sp³-hybridized carbons (Fsp3) is 0.138. The molecule has 1 aliphatic rings. The van der Waals surface area contributed by atoms with Gasteiger partial charge >= 0.3 is 0 Å². The molecule has 0 N–H and O–H groups in total. The first-order valence-corrected chi connectivity index (χ1v) is 11.4.